The van der Waals surface area contributed by atoms with Gasteiger partial charge in [-0.1, -0.05) is 0 Å². The molecule has 0 aromatic carbocycles. The SMILES string of the molecule is C1NCN2CN3CN1C23. The van der Waals surface area contributed by atoms with Crippen LogP contribution in [0.5, 0.6) is 0 Å². The zero-order valence-corrected chi connectivity index (χ0v) is 5.25. The molecule has 4 nitrogen and oxygen atoms in total. The first-order valence-corrected chi connectivity index (χ1v) is 3.38. The molecular weight excluding hydrogens is 116 g/mol. The minimum absolute atomic E-state index is 0.686. The largest absolute Gasteiger partial charge is 0.291 e. The van der Waals surface area contributed by atoms with Gasteiger partial charge in [0.15, 0.2) is 0 Å². The first kappa shape index (κ1) is 4.62. The maximum absolute atomic E-state index is 3.33. The van der Waals surface area contributed by atoms with Crippen molar-refractivity contribution in [1.29, 1.82) is 0 Å². The lowest BCUT2D eigenvalue weighted by atomic mass is 10.2. The summed E-state index contributed by atoms with van der Waals surface area (Å²) in [4.78, 5) is 7.31. The Hall–Kier alpha value is -0.160. The lowest BCUT2D eigenvalue weighted by molar-refractivity contribution is -0.313. The Morgan fingerprint density at radius 2 is 1.67 bits per heavy atom. The van der Waals surface area contributed by atoms with Gasteiger partial charge in [0.05, 0.1) is 26.7 Å². The van der Waals surface area contributed by atoms with Gasteiger partial charge in [-0.2, -0.15) is 0 Å². The number of hydrogen-bond donors (Lipinski definition) is 1. The van der Waals surface area contributed by atoms with Gasteiger partial charge in [-0.25, -0.2) is 14.7 Å². The Kier molecular flexibility index (Phi) is 0.665. The molecule has 3 rings (SSSR count). The van der Waals surface area contributed by atoms with Gasteiger partial charge in [0.2, 0.25) is 0 Å². The second-order valence-electron chi connectivity index (χ2n) is 2.96. The van der Waals surface area contributed by atoms with E-state index < -0.39 is 0 Å². The van der Waals surface area contributed by atoms with Gasteiger partial charge >= 0.3 is 0 Å². The first-order chi connectivity index (χ1) is 4.45. The average Bonchev–Trinajstić information content (AvgIpc) is 1.73. The lowest BCUT2D eigenvalue weighted by Gasteiger charge is -2.66. The molecular formula is C5H10N4. The monoisotopic (exact) mass is 126 g/mol. The van der Waals surface area contributed by atoms with Crippen molar-refractivity contribution in [3.05, 3.63) is 0 Å². The van der Waals surface area contributed by atoms with Crippen LogP contribution in [0.25, 0.3) is 0 Å². The minimum atomic E-state index is 0.686. The number of hydrogen-bond acceptors (Lipinski definition) is 4. The Bertz CT molecular complexity index is 130. The molecule has 0 saturated carbocycles. The molecule has 1 N–H and O–H groups in total. The summed E-state index contributed by atoms with van der Waals surface area (Å²) in [7, 11) is 0. The van der Waals surface area contributed by atoms with E-state index in [4.69, 9.17) is 0 Å². The van der Waals surface area contributed by atoms with E-state index in [1.165, 1.54) is 13.3 Å². The van der Waals surface area contributed by atoms with Gasteiger partial charge in [0, 0.05) is 0 Å². The second-order valence-corrected chi connectivity index (χ2v) is 2.96. The summed E-state index contributed by atoms with van der Waals surface area (Å²) in [6, 6.07) is 0. The van der Waals surface area contributed by atoms with Gasteiger partial charge < -0.3 is 0 Å². The fourth-order valence-electron chi connectivity index (χ4n) is 1.90. The quantitative estimate of drug-likeness (QED) is 0.432. The third kappa shape index (κ3) is 0.400. The molecule has 0 bridgehead atoms. The molecule has 0 aromatic heterocycles. The zero-order chi connectivity index (χ0) is 5.84. The van der Waals surface area contributed by atoms with Crippen LogP contribution in [0, 0.1) is 0 Å². The van der Waals surface area contributed by atoms with Crippen LogP contribution in [0.15, 0.2) is 0 Å². The predicted octanol–water partition coefficient (Wildman–Crippen LogP) is -1.36. The van der Waals surface area contributed by atoms with E-state index in [0.29, 0.717) is 6.29 Å². The molecule has 3 fully saturated rings. The first-order valence-electron chi connectivity index (χ1n) is 3.38. The van der Waals surface area contributed by atoms with Crippen molar-refractivity contribution in [2.24, 2.45) is 0 Å². The van der Waals surface area contributed by atoms with E-state index in [-0.39, 0.29) is 0 Å². The molecule has 50 valence electrons. The van der Waals surface area contributed by atoms with Crippen molar-refractivity contribution in [2.45, 2.75) is 6.29 Å². The molecule has 3 heterocycles. The van der Waals surface area contributed by atoms with E-state index >= 15 is 0 Å². The summed E-state index contributed by atoms with van der Waals surface area (Å²) in [6.07, 6.45) is 0.686. The third-order valence-electron chi connectivity index (χ3n) is 2.34. The highest BCUT2D eigenvalue weighted by molar-refractivity contribution is 4.92. The highest BCUT2D eigenvalue weighted by Gasteiger charge is 2.50. The van der Waals surface area contributed by atoms with Crippen LogP contribution in [-0.4, -0.2) is 47.7 Å². The Balaban J connectivity index is 1.84. The molecule has 3 saturated heterocycles. The summed E-state index contributed by atoms with van der Waals surface area (Å²) >= 11 is 0. The average molecular weight is 126 g/mol. The van der Waals surface area contributed by atoms with E-state index in [9.17, 15) is 0 Å². The topological polar surface area (TPSA) is 21.8 Å². The smallest absolute Gasteiger partial charge is 0.125 e. The molecule has 0 radical (unpaired) electrons. The highest BCUT2D eigenvalue weighted by Crippen LogP contribution is 2.31. The molecule has 9 heavy (non-hydrogen) atoms. The van der Waals surface area contributed by atoms with E-state index in [1.54, 1.807) is 0 Å². The van der Waals surface area contributed by atoms with Crippen molar-refractivity contribution >= 4 is 0 Å². The van der Waals surface area contributed by atoms with Gasteiger partial charge in [0.1, 0.15) is 6.29 Å². The Morgan fingerprint density at radius 1 is 1.00 bits per heavy atom. The van der Waals surface area contributed by atoms with Crippen LogP contribution in [-0.2, 0) is 0 Å². The van der Waals surface area contributed by atoms with E-state index in [1.807, 2.05) is 0 Å². The second kappa shape index (κ2) is 1.29. The lowest BCUT2D eigenvalue weighted by Crippen LogP contribution is -2.85. The molecule has 0 atom stereocenters. The predicted molar refractivity (Wildman–Crippen MR) is 31.9 cm³/mol. The van der Waals surface area contributed by atoms with Crippen molar-refractivity contribution in [1.82, 2.24) is 20.0 Å². The summed E-state index contributed by atoms with van der Waals surface area (Å²) in [5.74, 6) is 0. The van der Waals surface area contributed by atoms with Crippen LogP contribution >= 0.6 is 0 Å². The fourth-order valence-corrected chi connectivity index (χ4v) is 1.90. The number of nitrogens with zero attached hydrogens (tertiary/aromatic N) is 3. The normalized spacial score (nSPS) is 37.3. The Morgan fingerprint density at radius 3 is 2.11 bits per heavy atom. The molecule has 3 aliphatic heterocycles. The maximum atomic E-state index is 3.33. The van der Waals surface area contributed by atoms with Crippen LogP contribution < -0.4 is 5.32 Å². The molecule has 0 aliphatic carbocycles. The molecule has 0 amide bonds. The van der Waals surface area contributed by atoms with Crippen molar-refractivity contribution in [3.8, 4) is 0 Å². The summed E-state index contributed by atoms with van der Waals surface area (Å²) < 4.78 is 0. The van der Waals surface area contributed by atoms with Gasteiger partial charge in [-0.05, 0) is 0 Å². The summed E-state index contributed by atoms with van der Waals surface area (Å²) in [5, 5.41) is 3.33. The van der Waals surface area contributed by atoms with Gasteiger partial charge in [-0.3, -0.25) is 5.32 Å². The van der Waals surface area contributed by atoms with Crippen molar-refractivity contribution < 1.29 is 0 Å². The van der Waals surface area contributed by atoms with Gasteiger partial charge in [-0.15, -0.1) is 0 Å². The zero-order valence-electron chi connectivity index (χ0n) is 5.25. The molecule has 3 aliphatic rings. The number of nitrogens with one attached hydrogen (secondary N) is 1. The van der Waals surface area contributed by atoms with Crippen molar-refractivity contribution in [2.75, 3.05) is 26.7 Å². The third-order valence-corrected chi connectivity index (χ3v) is 2.34. The van der Waals surface area contributed by atoms with Gasteiger partial charge in [0.25, 0.3) is 0 Å². The minimum Gasteiger partial charge on any atom is -0.291 e. The van der Waals surface area contributed by atoms with Crippen LogP contribution in [0.4, 0.5) is 0 Å². The van der Waals surface area contributed by atoms with E-state index in [0.717, 1.165) is 13.3 Å². The molecule has 4 heteroatoms. The van der Waals surface area contributed by atoms with E-state index in [2.05, 4.69) is 20.0 Å². The molecule has 0 spiro atoms. The maximum Gasteiger partial charge on any atom is 0.125 e. The summed E-state index contributed by atoms with van der Waals surface area (Å²) in [5.41, 5.74) is 0. The molecule has 0 unspecified atom stereocenters. The standard InChI is InChI=1S/C5H10N4/c1-6-2-8-4-9-3-7(1)5(8)9/h5-6H,1-4H2. The van der Waals surface area contributed by atoms with Crippen LogP contribution in [0.2, 0.25) is 0 Å². The van der Waals surface area contributed by atoms with Crippen molar-refractivity contribution in [3.63, 3.8) is 0 Å². The van der Waals surface area contributed by atoms with Crippen LogP contribution in [0.1, 0.15) is 0 Å². The van der Waals surface area contributed by atoms with Crippen LogP contribution in [0.3, 0.4) is 0 Å². The fraction of sp³-hybridized carbons (Fsp3) is 1.00. The summed E-state index contributed by atoms with van der Waals surface area (Å²) in [6.45, 7) is 4.51. The molecule has 0 aromatic rings. The highest BCUT2D eigenvalue weighted by atomic mass is 15.8. The Labute approximate surface area is 54.0 Å². The number of rotatable bonds is 0.